The van der Waals surface area contributed by atoms with E-state index in [1.54, 1.807) is 31.4 Å². The number of fused-ring (bicyclic) bond motifs is 1. The lowest BCUT2D eigenvalue weighted by molar-refractivity contribution is -0.0739. The Bertz CT molecular complexity index is 1070. The zero-order chi connectivity index (χ0) is 25.5. The fourth-order valence-electron chi connectivity index (χ4n) is 4.93. The van der Waals surface area contributed by atoms with Crippen LogP contribution in [-0.4, -0.2) is 45.4 Å². The maximum Gasteiger partial charge on any atom is 0.123 e. The number of rotatable bonds is 11. The van der Waals surface area contributed by atoms with Gasteiger partial charge in [0.2, 0.25) is 0 Å². The molecule has 3 aromatic rings. The summed E-state index contributed by atoms with van der Waals surface area (Å²) in [5.41, 5.74) is 3.92. The molecule has 6 heteroatoms. The van der Waals surface area contributed by atoms with Gasteiger partial charge < -0.3 is 19.1 Å². The smallest absolute Gasteiger partial charge is 0.123 e. The van der Waals surface area contributed by atoms with E-state index >= 15 is 0 Å². The molecule has 0 bridgehead atoms. The number of hydrogen-bond donors (Lipinski definition) is 0. The summed E-state index contributed by atoms with van der Waals surface area (Å²) in [5.74, 6) is 0.282. The zero-order valence-corrected chi connectivity index (χ0v) is 21.3. The minimum atomic E-state index is -0.398. The maximum atomic E-state index is 13.5. The fraction of sp³-hybridized carbons (Fsp3) is 0.400. The molecule has 0 spiro atoms. The predicted molar refractivity (Wildman–Crippen MR) is 137 cm³/mol. The van der Waals surface area contributed by atoms with Crippen LogP contribution in [0.1, 0.15) is 48.1 Å². The highest BCUT2D eigenvalue weighted by Gasteiger charge is 2.36. The summed E-state index contributed by atoms with van der Waals surface area (Å²) >= 11 is 0. The highest BCUT2D eigenvalue weighted by Crippen LogP contribution is 2.40. The standard InChI is InChI=1S/C30H35F2NO3/c1-4-30(28-14-13-27(34-3)21-24(28)15-19-36-30)16-17-33(2)18-20-35-29(22-5-9-25(31)10-6-22)23-7-11-26(32)12-8-23/h5-14,21,29H,4,15-20H2,1-3H3. The average Bonchev–Trinajstić information content (AvgIpc) is 2.91. The van der Waals surface area contributed by atoms with Gasteiger partial charge in [-0.05, 0) is 85.0 Å². The average molecular weight is 496 g/mol. The number of halogens is 2. The van der Waals surface area contributed by atoms with E-state index < -0.39 is 6.10 Å². The van der Waals surface area contributed by atoms with Crippen LogP contribution in [0.3, 0.4) is 0 Å². The van der Waals surface area contributed by atoms with Crippen molar-refractivity contribution in [2.75, 3.05) is 40.5 Å². The van der Waals surface area contributed by atoms with E-state index in [1.165, 1.54) is 35.4 Å². The van der Waals surface area contributed by atoms with E-state index in [4.69, 9.17) is 14.2 Å². The first kappa shape index (κ1) is 26.3. The molecule has 3 aromatic carbocycles. The molecule has 0 aromatic heterocycles. The van der Waals surface area contributed by atoms with Crippen molar-refractivity contribution in [1.82, 2.24) is 4.90 Å². The Hall–Kier alpha value is -2.80. The highest BCUT2D eigenvalue weighted by molar-refractivity contribution is 5.40. The van der Waals surface area contributed by atoms with E-state index in [-0.39, 0.29) is 17.2 Å². The van der Waals surface area contributed by atoms with Gasteiger partial charge in [0.25, 0.3) is 0 Å². The Kier molecular flexibility index (Phi) is 8.72. The van der Waals surface area contributed by atoms with Crippen molar-refractivity contribution in [2.45, 2.75) is 37.9 Å². The molecule has 0 fully saturated rings. The van der Waals surface area contributed by atoms with Gasteiger partial charge in [-0.1, -0.05) is 37.3 Å². The van der Waals surface area contributed by atoms with E-state index in [2.05, 4.69) is 31.0 Å². The number of ether oxygens (including phenoxy) is 3. The molecule has 1 unspecified atom stereocenters. The Balaban J connectivity index is 1.38. The summed E-state index contributed by atoms with van der Waals surface area (Å²) in [6.07, 6.45) is 2.27. The van der Waals surface area contributed by atoms with Crippen LogP contribution in [0.4, 0.5) is 8.78 Å². The summed E-state index contributed by atoms with van der Waals surface area (Å²) in [4.78, 5) is 2.24. The number of likely N-dealkylation sites (N-methyl/N-ethyl adjacent to an activating group) is 1. The Morgan fingerprint density at radius 2 is 1.58 bits per heavy atom. The van der Waals surface area contributed by atoms with Crippen molar-refractivity contribution in [3.05, 3.63) is 101 Å². The Morgan fingerprint density at radius 1 is 0.944 bits per heavy atom. The Labute approximate surface area is 212 Å². The molecule has 192 valence electrons. The van der Waals surface area contributed by atoms with Gasteiger partial charge >= 0.3 is 0 Å². The van der Waals surface area contributed by atoms with Crippen LogP contribution >= 0.6 is 0 Å². The van der Waals surface area contributed by atoms with Crippen molar-refractivity contribution in [2.24, 2.45) is 0 Å². The van der Waals surface area contributed by atoms with E-state index in [0.717, 1.165) is 42.7 Å². The summed E-state index contributed by atoms with van der Waals surface area (Å²) in [6, 6.07) is 18.8. The molecular weight excluding hydrogens is 460 g/mol. The zero-order valence-electron chi connectivity index (χ0n) is 21.3. The fourth-order valence-corrected chi connectivity index (χ4v) is 4.93. The third-order valence-electron chi connectivity index (χ3n) is 7.12. The number of hydrogen-bond acceptors (Lipinski definition) is 4. The quantitative estimate of drug-likeness (QED) is 0.313. The van der Waals surface area contributed by atoms with Gasteiger partial charge in [-0.3, -0.25) is 0 Å². The molecule has 4 rings (SSSR count). The number of methoxy groups -OCH3 is 1. The summed E-state index contributed by atoms with van der Waals surface area (Å²) in [7, 11) is 3.77. The normalized spacial score (nSPS) is 17.4. The van der Waals surface area contributed by atoms with Crippen LogP contribution in [0.2, 0.25) is 0 Å². The van der Waals surface area contributed by atoms with Crippen LogP contribution in [0, 0.1) is 11.6 Å². The van der Waals surface area contributed by atoms with Crippen LogP contribution in [0.25, 0.3) is 0 Å². The molecule has 0 saturated heterocycles. The van der Waals surface area contributed by atoms with Crippen molar-refractivity contribution < 1.29 is 23.0 Å². The molecule has 1 atom stereocenters. The Morgan fingerprint density at radius 3 is 2.17 bits per heavy atom. The summed E-state index contributed by atoms with van der Waals surface area (Å²) in [6.45, 7) is 4.93. The molecule has 36 heavy (non-hydrogen) atoms. The lowest BCUT2D eigenvalue weighted by Crippen LogP contribution is -2.38. The predicted octanol–water partition coefficient (Wildman–Crippen LogP) is 6.28. The van der Waals surface area contributed by atoms with Crippen molar-refractivity contribution in [3.63, 3.8) is 0 Å². The molecule has 0 amide bonds. The monoisotopic (exact) mass is 495 g/mol. The van der Waals surface area contributed by atoms with Gasteiger partial charge in [-0.25, -0.2) is 8.78 Å². The third kappa shape index (κ3) is 6.12. The minimum Gasteiger partial charge on any atom is -0.497 e. The molecule has 4 nitrogen and oxygen atoms in total. The van der Waals surface area contributed by atoms with Gasteiger partial charge in [-0.15, -0.1) is 0 Å². The topological polar surface area (TPSA) is 30.9 Å². The van der Waals surface area contributed by atoms with Gasteiger partial charge in [0.1, 0.15) is 23.5 Å². The van der Waals surface area contributed by atoms with Crippen LogP contribution in [0.15, 0.2) is 66.7 Å². The number of benzene rings is 3. The van der Waals surface area contributed by atoms with E-state index in [0.29, 0.717) is 19.8 Å². The first-order valence-electron chi connectivity index (χ1n) is 12.6. The van der Waals surface area contributed by atoms with Crippen LogP contribution in [0.5, 0.6) is 5.75 Å². The lowest BCUT2D eigenvalue weighted by atomic mass is 9.81. The van der Waals surface area contributed by atoms with E-state index in [9.17, 15) is 8.78 Å². The molecule has 1 aliphatic heterocycles. The second-order valence-corrected chi connectivity index (χ2v) is 9.38. The first-order chi connectivity index (χ1) is 17.4. The molecular formula is C30H35F2NO3. The van der Waals surface area contributed by atoms with Gasteiger partial charge in [-0.2, -0.15) is 0 Å². The van der Waals surface area contributed by atoms with E-state index in [1.807, 2.05) is 6.07 Å². The molecule has 0 saturated carbocycles. The first-order valence-corrected chi connectivity index (χ1v) is 12.6. The molecule has 0 radical (unpaired) electrons. The molecule has 1 heterocycles. The number of nitrogens with zero attached hydrogens (tertiary/aromatic N) is 1. The third-order valence-corrected chi connectivity index (χ3v) is 7.12. The maximum absolute atomic E-state index is 13.5. The summed E-state index contributed by atoms with van der Waals surface area (Å²) < 4.78 is 45.0. The molecule has 0 aliphatic carbocycles. The van der Waals surface area contributed by atoms with Gasteiger partial charge in [0.15, 0.2) is 0 Å². The van der Waals surface area contributed by atoms with Gasteiger partial charge in [0, 0.05) is 13.1 Å². The minimum absolute atomic E-state index is 0.300. The molecule has 0 N–H and O–H groups in total. The lowest BCUT2D eigenvalue weighted by Gasteiger charge is -2.40. The van der Waals surface area contributed by atoms with Crippen LogP contribution < -0.4 is 4.74 Å². The van der Waals surface area contributed by atoms with Gasteiger partial charge in [0.05, 0.1) is 25.9 Å². The summed E-state index contributed by atoms with van der Waals surface area (Å²) in [5, 5.41) is 0. The van der Waals surface area contributed by atoms with Crippen molar-refractivity contribution >= 4 is 0 Å². The van der Waals surface area contributed by atoms with Crippen molar-refractivity contribution in [1.29, 1.82) is 0 Å². The van der Waals surface area contributed by atoms with Crippen molar-refractivity contribution in [3.8, 4) is 5.75 Å². The SMILES string of the molecule is CCC1(CCN(C)CCOC(c2ccc(F)cc2)c2ccc(F)cc2)OCCc2cc(OC)ccc21. The van der Waals surface area contributed by atoms with Crippen LogP contribution in [-0.2, 0) is 21.5 Å². The highest BCUT2D eigenvalue weighted by atomic mass is 19.1. The second kappa shape index (κ2) is 12.0. The molecule has 1 aliphatic rings. The second-order valence-electron chi connectivity index (χ2n) is 9.38. The largest absolute Gasteiger partial charge is 0.497 e.